The third-order valence-corrected chi connectivity index (χ3v) is 2.61. The van der Waals surface area contributed by atoms with Crippen LogP contribution in [0.1, 0.15) is 23.0 Å². The van der Waals surface area contributed by atoms with Crippen molar-refractivity contribution in [1.82, 2.24) is 9.55 Å². The van der Waals surface area contributed by atoms with Gasteiger partial charge in [-0.25, -0.2) is 9.37 Å². The van der Waals surface area contributed by atoms with Gasteiger partial charge in [0.05, 0.1) is 23.8 Å². The first-order valence-corrected chi connectivity index (χ1v) is 5.46. The second-order valence-electron chi connectivity index (χ2n) is 3.98. The van der Waals surface area contributed by atoms with E-state index in [1.54, 1.807) is 12.5 Å². The van der Waals surface area contributed by atoms with E-state index in [1.807, 2.05) is 11.6 Å². The van der Waals surface area contributed by atoms with Crippen molar-refractivity contribution >= 4 is 5.78 Å². The van der Waals surface area contributed by atoms with Crippen molar-refractivity contribution < 1.29 is 13.9 Å². The lowest BCUT2D eigenvalue weighted by molar-refractivity contribution is 0.101. The molecule has 0 saturated carbocycles. The Morgan fingerprint density at radius 3 is 2.89 bits per heavy atom. The first-order valence-electron chi connectivity index (χ1n) is 5.46. The third kappa shape index (κ3) is 2.56. The molecule has 0 amide bonds. The fourth-order valence-electron chi connectivity index (χ4n) is 1.58. The summed E-state index contributed by atoms with van der Waals surface area (Å²) in [6.45, 7) is 1.66. The SMILES string of the molecule is CC(=O)c1cc(F)ccc1OCc1cncn1C. The zero-order valence-corrected chi connectivity index (χ0v) is 10.2. The standard InChI is InChI=1S/C13H13FN2O2/c1-9(17)12-5-10(14)3-4-13(12)18-7-11-6-15-8-16(11)2/h3-6,8H,7H2,1-2H3. The van der Waals surface area contributed by atoms with Crippen LogP contribution in [-0.2, 0) is 13.7 Å². The van der Waals surface area contributed by atoms with Gasteiger partial charge in [0.1, 0.15) is 18.2 Å². The van der Waals surface area contributed by atoms with Gasteiger partial charge in [0.2, 0.25) is 0 Å². The molecule has 0 aliphatic rings. The number of hydrogen-bond donors (Lipinski definition) is 0. The molecule has 5 heteroatoms. The predicted octanol–water partition coefficient (Wildman–Crippen LogP) is 2.34. The average Bonchev–Trinajstić information content (AvgIpc) is 2.73. The minimum Gasteiger partial charge on any atom is -0.487 e. The molecule has 0 aliphatic heterocycles. The molecule has 0 spiro atoms. The molecule has 0 radical (unpaired) electrons. The van der Waals surface area contributed by atoms with Crippen molar-refractivity contribution in [2.45, 2.75) is 13.5 Å². The van der Waals surface area contributed by atoms with Crippen LogP contribution in [0.15, 0.2) is 30.7 Å². The van der Waals surface area contributed by atoms with Gasteiger partial charge in [0.25, 0.3) is 0 Å². The predicted molar refractivity (Wildman–Crippen MR) is 63.9 cm³/mol. The summed E-state index contributed by atoms with van der Waals surface area (Å²) in [4.78, 5) is 15.3. The highest BCUT2D eigenvalue weighted by molar-refractivity contribution is 5.96. The lowest BCUT2D eigenvalue weighted by Gasteiger charge is -2.10. The summed E-state index contributed by atoms with van der Waals surface area (Å²) in [6, 6.07) is 3.91. The molecular weight excluding hydrogens is 235 g/mol. The molecule has 0 unspecified atom stereocenters. The van der Waals surface area contributed by atoms with Gasteiger partial charge in [-0.2, -0.15) is 0 Å². The highest BCUT2D eigenvalue weighted by atomic mass is 19.1. The minimum absolute atomic E-state index is 0.227. The Kier molecular flexibility index (Phi) is 3.41. The largest absolute Gasteiger partial charge is 0.487 e. The molecule has 2 aromatic rings. The average molecular weight is 248 g/mol. The summed E-state index contributed by atoms with van der Waals surface area (Å²) >= 11 is 0. The Hall–Kier alpha value is -2.17. The number of nitrogens with zero attached hydrogens (tertiary/aromatic N) is 2. The van der Waals surface area contributed by atoms with Crippen LogP contribution in [0.3, 0.4) is 0 Å². The number of ketones is 1. The molecule has 1 heterocycles. The summed E-state index contributed by atoms with van der Waals surface area (Å²) in [5.74, 6) is -0.298. The second kappa shape index (κ2) is 5.00. The fraction of sp³-hybridized carbons (Fsp3) is 0.231. The van der Waals surface area contributed by atoms with Crippen molar-refractivity contribution in [3.8, 4) is 5.75 Å². The molecule has 4 nitrogen and oxygen atoms in total. The molecule has 0 aliphatic carbocycles. The molecule has 0 bridgehead atoms. The van der Waals surface area contributed by atoms with Crippen molar-refractivity contribution in [2.75, 3.05) is 0 Å². The number of carbonyl (C=O) groups is 1. The first kappa shape index (κ1) is 12.3. The molecule has 1 aromatic carbocycles. The minimum atomic E-state index is -0.451. The summed E-state index contributed by atoms with van der Waals surface area (Å²) in [5.41, 5.74) is 1.12. The van der Waals surface area contributed by atoms with Crippen molar-refractivity contribution in [3.05, 3.63) is 47.8 Å². The van der Waals surface area contributed by atoms with E-state index in [1.165, 1.54) is 25.1 Å². The maximum atomic E-state index is 13.1. The zero-order chi connectivity index (χ0) is 13.1. The van der Waals surface area contributed by atoms with Crippen LogP contribution < -0.4 is 4.74 Å². The smallest absolute Gasteiger partial charge is 0.163 e. The van der Waals surface area contributed by atoms with Gasteiger partial charge in [-0.1, -0.05) is 0 Å². The number of ether oxygens (including phenoxy) is 1. The van der Waals surface area contributed by atoms with Gasteiger partial charge in [0.15, 0.2) is 5.78 Å². The van der Waals surface area contributed by atoms with Crippen LogP contribution in [-0.4, -0.2) is 15.3 Å². The van der Waals surface area contributed by atoms with Crippen LogP contribution in [0, 0.1) is 5.82 Å². The van der Waals surface area contributed by atoms with E-state index >= 15 is 0 Å². The number of aromatic nitrogens is 2. The van der Waals surface area contributed by atoms with E-state index in [4.69, 9.17) is 4.74 Å². The number of carbonyl (C=O) groups excluding carboxylic acids is 1. The molecule has 1 aromatic heterocycles. The number of Topliss-reactive ketones (excluding diaryl/α,β-unsaturated/α-hetero) is 1. The fourth-order valence-corrected chi connectivity index (χ4v) is 1.58. The maximum Gasteiger partial charge on any atom is 0.163 e. The molecule has 0 N–H and O–H groups in total. The van der Waals surface area contributed by atoms with Gasteiger partial charge in [-0.15, -0.1) is 0 Å². The number of halogens is 1. The topological polar surface area (TPSA) is 44.1 Å². The van der Waals surface area contributed by atoms with E-state index in [0.29, 0.717) is 5.75 Å². The number of benzene rings is 1. The Morgan fingerprint density at radius 1 is 1.50 bits per heavy atom. The van der Waals surface area contributed by atoms with Crippen LogP contribution >= 0.6 is 0 Å². The van der Waals surface area contributed by atoms with Gasteiger partial charge >= 0.3 is 0 Å². The first-order chi connectivity index (χ1) is 8.58. The normalized spacial score (nSPS) is 10.4. The third-order valence-electron chi connectivity index (χ3n) is 2.61. The van der Waals surface area contributed by atoms with Crippen LogP contribution in [0.25, 0.3) is 0 Å². The van der Waals surface area contributed by atoms with Gasteiger partial charge in [0, 0.05) is 7.05 Å². The molecule has 0 saturated heterocycles. The van der Waals surface area contributed by atoms with Crippen LogP contribution in [0.5, 0.6) is 5.75 Å². The Labute approximate surface area is 104 Å². The Bertz CT molecular complexity index is 578. The quantitative estimate of drug-likeness (QED) is 0.780. The molecule has 2 rings (SSSR count). The van der Waals surface area contributed by atoms with Gasteiger partial charge < -0.3 is 9.30 Å². The van der Waals surface area contributed by atoms with Crippen molar-refractivity contribution in [3.63, 3.8) is 0 Å². The van der Waals surface area contributed by atoms with Crippen molar-refractivity contribution in [1.29, 1.82) is 0 Å². The highest BCUT2D eigenvalue weighted by Gasteiger charge is 2.10. The summed E-state index contributed by atoms with van der Waals surface area (Å²) in [5, 5.41) is 0. The van der Waals surface area contributed by atoms with Gasteiger partial charge in [-0.05, 0) is 25.1 Å². The summed E-state index contributed by atoms with van der Waals surface area (Å²) < 4.78 is 20.4. The molecule has 94 valence electrons. The van der Waals surface area contributed by atoms with Crippen LogP contribution in [0.4, 0.5) is 4.39 Å². The maximum absolute atomic E-state index is 13.1. The van der Waals surface area contributed by atoms with Crippen LogP contribution in [0.2, 0.25) is 0 Å². The number of hydrogen-bond acceptors (Lipinski definition) is 3. The monoisotopic (exact) mass is 248 g/mol. The number of aryl methyl sites for hydroxylation is 1. The Morgan fingerprint density at radius 2 is 2.28 bits per heavy atom. The lowest BCUT2D eigenvalue weighted by atomic mass is 10.1. The van der Waals surface area contributed by atoms with Gasteiger partial charge in [-0.3, -0.25) is 4.79 Å². The van der Waals surface area contributed by atoms with Crippen molar-refractivity contribution in [2.24, 2.45) is 7.05 Å². The summed E-state index contributed by atoms with van der Waals surface area (Å²) in [6.07, 6.45) is 3.34. The zero-order valence-electron chi connectivity index (χ0n) is 10.2. The van der Waals surface area contributed by atoms with E-state index in [2.05, 4.69) is 4.98 Å². The van der Waals surface area contributed by atoms with E-state index in [-0.39, 0.29) is 18.0 Å². The second-order valence-corrected chi connectivity index (χ2v) is 3.98. The van der Waals surface area contributed by atoms with E-state index in [9.17, 15) is 9.18 Å². The lowest BCUT2D eigenvalue weighted by Crippen LogP contribution is -2.05. The summed E-state index contributed by atoms with van der Waals surface area (Å²) in [7, 11) is 1.85. The Balaban J connectivity index is 2.19. The number of imidazole rings is 1. The highest BCUT2D eigenvalue weighted by Crippen LogP contribution is 2.21. The molecule has 18 heavy (non-hydrogen) atoms. The molecular formula is C13H13FN2O2. The molecule has 0 fully saturated rings. The van der Waals surface area contributed by atoms with E-state index in [0.717, 1.165) is 5.69 Å². The number of rotatable bonds is 4. The van der Waals surface area contributed by atoms with E-state index < -0.39 is 5.82 Å². The molecule has 0 atom stereocenters.